The summed E-state index contributed by atoms with van der Waals surface area (Å²) in [5, 5.41) is 4.43. The molecule has 0 unspecified atom stereocenters. The number of ether oxygens (including phenoxy) is 4. The number of halogens is 2. The Bertz CT molecular complexity index is 1980. The molecule has 230 valence electrons. The van der Waals surface area contributed by atoms with E-state index in [2.05, 4.69) is 27.0 Å². The Labute approximate surface area is 269 Å². The molecular weight excluding hydrogens is 617 g/mol. The zero-order valence-electron chi connectivity index (χ0n) is 25.0. The second-order valence-corrected chi connectivity index (χ2v) is 10.8. The molecule has 5 aromatic rings. The minimum absolute atomic E-state index is 0.338. The van der Waals surface area contributed by atoms with Gasteiger partial charge in [0.15, 0.2) is 0 Å². The number of hydrogen-bond acceptors (Lipinski definition) is 8. The second-order valence-electron chi connectivity index (χ2n) is 10.1. The molecule has 1 aliphatic heterocycles. The maximum absolute atomic E-state index is 12.6. The molecule has 0 saturated carbocycles. The molecule has 0 spiro atoms. The Morgan fingerprint density at radius 2 is 1.64 bits per heavy atom. The quantitative estimate of drug-likeness (QED) is 0.205. The Morgan fingerprint density at radius 3 is 2.31 bits per heavy atom. The van der Waals surface area contributed by atoms with E-state index in [1.807, 2.05) is 34.9 Å². The van der Waals surface area contributed by atoms with Crippen LogP contribution in [0.5, 0.6) is 17.2 Å². The molecule has 1 fully saturated rings. The average molecular weight is 647 g/mol. The molecule has 1 saturated heterocycles. The highest BCUT2D eigenvalue weighted by molar-refractivity contribution is 6.41. The van der Waals surface area contributed by atoms with Crippen molar-refractivity contribution in [2.45, 2.75) is 6.92 Å². The largest absolute Gasteiger partial charge is 0.496 e. The van der Waals surface area contributed by atoms with Crippen LogP contribution in [0.25, 0.3) is 38.9 Å². The normalized spacial score (nSPS) is 13.0. The number of anilines is 2. The number of nitrogens with zero attached hydrogens (tertiary/aromatic N) is 4. The summed E-state index contributed by atoms with van der Waals surface area (Å²) >= 11 is 13.6. The maximum atomic E-state index is 12.6. The van der Waals surface area contributed by atoms with E-state index in [9.17, 15) is 4.79 Å². The standard InChI is InChI=1S/C33H29Cl2N5O5/c1-5-6-29(41)38-23-14-20(26(42-2)16-25(23)39-9-11-45-12-10-39)22-15-24-19(18-37-22)13-21(33-36-7-8-40(24)33)30-31(34)27(43-3)17-28(44-4)32(30)35/h7-8,13-18H,9-12H2,1-4H3,(H,38,41). The van der Waals surface area contributed by atoms with Gasteiger partial charge in [0.05, 0.1) is 67.2 Å². The van der Waals surface area contributed by atoms with Gasteiger partial charge in [0.1, 0.15) is 22.9 Å². The molecule has 12 heteroatoms. The van der Waals surface area contributed by atoms with Crippen molar-refractivity contribution in [2.75, 3.05) is 57.8 Å². The third kappa shape index (κ3) is 5.55. The van der Waals surface area contributed by atoms with Crippen LogP contribution in [0.4, 0.5) is 11.4 Å². The smallest absolute Gasteiger partial charge is 0.300 e. The predicted octanol–water partition coefficient (Wildman–Crippen LogP) is 6.35. The molecular formula is C33H29Cl2N5O5. The molecule has 1 aliphatic rings. The summed E-state index contributed by atoms with van der Waals surface area (Å²) < 4.78 is 24.4. The number of nitrogens with one attached hydrogen (secondary N) is 1. The van der Waals surface area contributed by atoms with Crippen LogP contribution in [0.2, 0.25) is 10.0 Å². The molecule has 4 heterocycles. The van der Waals surface area contributed by atoms with E-state index in [1.54, 1.807) is 32.5 Å². The van der Waals surface area contributed by atoms with Gasteiger partial charge in [0, 0.05) is 65.9 Å². The van der Waals surface area contributed by atoms with Crippen LogP contribution in [0, 0.1) is 11.8 Å². The van der Waals surface area contributed by atoms with Crippen LogP contribution in [0.3, 0.4) is 0 Å². The molecule has 2 aromatic carbocycles. The Kier molecular flexibility index (Phi) is 8.59. The van der Waals surface area contributed by atoms with E-state index in [-0.39, 0.29) is 0 Å². The number of methoxy groups -OCH3 is 3. The fourth-order valence-electron chi connectivity index (χ4n) is 5.52. The number of hydrogen-bond donors (Lipinski definition) is 1. The van der Waals surface area contributed by atoms with Crippen LogP contribution in [0.15, 0.2) is 48.9 Å². The van der Waals surface area contributed by atoms with Crippen LogP contribution in [-0.4, -0.2) is 67.9 Å². The van der Waals surface area contributed by atoms with Gasteiger partial charge in [-0.15, -0.1) is 0 Å². The van der Waals surface area contributed by atoms with Crippen molar-refractivity contribution in [1.29, 1.82) is 0 Å². The minimum Gasteiger partial charge on any atom is -0.496 e. The molecule has 0 bridgehead atoms. The summed E-state index contributed by atoms with van der Waals surface area (Å²) in [4.78, 5) is 24.2. The van der Waals surface area contributed by atoms with Crippen molar-refractivity contribution in [3.8, 4) is 51.5 Å². The summed E-state index contributed by atoms with van der Waals surface area (Å²) in [7, 11) is 4.68. The number of aromatic nitrogens is 3. The Morgan fingerprint density at radius 1 is 0.933 bits per heavy atom. The van der Waals surface area contributed by atoms with Crippen LogP contribution >= 0.6 is 23.2 Å². The number of imidazole rings is 1. The Balaban J connectivity index is 1.53. The molecule has 1 amide bonds. The predicted molar refractivity (Wildman–Crippen MR) is 176 cm³/mol. The van der Waals surface area contributed by atoms with Gasteiger partial charge in [-0.3, -0.25) is 14.2 Å². The van der Waals surface area contributed by atoms with E-state index in [4.69, 9.17) is 47.1 Å². The van der Waals surface area contributed by atoms with Gasteiger partial charge in [0.25, 0.3) is 5.91 Å². The molecule has 0 radical (unpaired) electrons. The van der Waals surface area contributed by atoms with E-state index < -0.39 is 5.91 Å². The molecule has 3 aromatic heterocycles. The first kappa shape index (κ1) is 30.3. The van der Waals surface area contributed by atoms with Crippen LogP contribution in [0.1, 0.15) is 6.92 Å². The monoisotopic (exact) mass is 645 g/mol. The average Bonchev–Trinajstić information content (AvgIpc) is 3.56. The van der Waals surface area contributed by atoms with Gasteiger partial charge in [-0.05, 0) is 31.0 Å². The number of pyridine rings is 2. The first-order valence-electron chi connectivity index (χ1n) is 14.0. The zero-order valence-corrected chi connectivity index (χ0v) is 26.5. The topological polar surface area (TPSA) is 99.5 Å². The van der Waals surface area contributed by atoms with Crippen molar-refractivity contribution in [3.63, 3.8) is 0 Å². The van der Waals surface area contributed by atoms with Crippen LogP contribution < -0.4 is 24.4 Å². The highest BCUT2D eigenvalue weighted by Gasteiger charge is 2.24. The van der Waals surface area contributed by atoms with E-state index in [0.29, 0.717) is 87.3 Å². The lowest BCUT2D eigenvalue weighted by molar-refractivity contribution is -0.111. The number of carbonyl (C=O) groups excluding carboxylic acids is 1. The lowest BCUT2D eigenvalue weighted by Crippen LogP contribution is -2.36. The Hall–Kier alpha value is -4.69. The molecule has 6 rings (SSSR count). The van der Waals surface area contributed by atoms with Crippen molar-refractivity contribution in [2.24, 2.45) is 0 Å². The lowest BCUT2D eigenvalue weighted by Gasteiger charge is -2.31. The highest BCUT2D eigenvalue weighted by Crippen LogP contribution is 2.48. The van der Waals surface area contributed by atoms with Crippen LogP contribution in [-0.2, 0) is 9.53 Å². The van der Waals surface area contributed by atoms with Crippen molar-refractivity contribution >= 4 is 57.0 Å². The summed E-state index contributed by atoms with van der Waals surface area (Å²) in [5.41, 5.74) is 5.41. The summed E-state index contributed by atoms with van der Waals surface area (Å²) in [6.07, 6.45) is 5.33. The SMILES string of the molecule is CC#CC(=O)Nc1cc(-c2cc3c(cn2)cc(-c2c(Cl)c(OC)cc(OC)c2Cl)c2nccn23)c(OC)cc1N1CCOCC1. The van der Waals surface area contributed by atoms with Gasteiger partial charge in [-0.1, -0.05) is 29.1 Å². The number of morpholine rings is 1. The van der Waals surface area contributed by atoms with Gasteiger partial charge < -0.3 is 29.2 Å². The molecule has 0 atom stereocenters. The van der Waals surface area contributed by atoms with Gasteiger partial charge in [-0.2, -0.15) is 0 Å². The summed E-state index contributed by atoms with van der Waals surface area (Å²) in [6, 6.07) is 9.32. The van der Waals surface area contributed by atoms with E-state index in [0.717, 1.165) is 16.6 Å². The summed E-state index contributed by atoms with van der Waals surface area (Å²) in [5.74, 6) is 6.25. The third-order valence-electron chi connectivity index (χ3n) is 7.63. The van der Waals surface area contributed by atoms with Crippen molar-refractivity contribution < 1.29 is 23.7 Å². The number of benzene rings is 2. The van der Waals surface area contributed by atoms with Crippen molar-refractivity contribution in [1.82, 2.24) is 14.4 Å². The molecule has 0 aliphatic carbocycles. The zero-order chi connectivity index (χ0) is 31.7. The second kappa shape index (κ2) is 12.7. The van der Waals surface area contributed by atoms with Gasteiger partial charge in [-0.25, -0.2) is 4.98 Å². The van der Waals surface area contributed by atoms with Gasteiger partial charge >= 0.3 is 0 Å². The summed E-state index contributed by atoms with van der Waals surface area (Å²) in [6.45, 7) is 4.14. The first-order chi connectivity index (χ1) is 21.9. The highest BCUT2D eigenvalue weighted by atomic mass is 35.5. The maximum Gasteiger partial charge on any atom is 0.300 e. The lowest BCUT2D eigenvalue weighted by atomic mass is 10.0. The van der Waals surface area contributed by atoms with Gasteiger partial charge in [0.2, 0.25) is 0 Å². The fourth-order valence-corrected chi connectivity index (χ4v) is 6.22. The molecule has 10 nitrogen and oxygen atoms in total. The number of carbonyl (C=O) groups is 1. The fraction of sp³-hybridized carbons (Fsp3) is 0.242. The molecule has 1 N–H and O–H groups in total. The minimum atomic E-state index is -0.409. The third-order valence-corrected chi connectivity index (χ3v) is 8.38. The van der Waals surface area contributed by atoms with E-state index in [1.165, 1.54) is 14.2 Å². The number of fused-ring (bicyclic) bond motifs is 3. The van der Waals surface area contributed by atoms with E-state index >= 15 is 0 Å². The molecule has 45 heavy (non-hydrogen) atoms. The first-order valence-corrected chi connectivity index (χ1v) is 14.8. The number of rotatable bonds is 7. The van der Waals surface area contributed by atoms with Crippen molar-refractivity contribution in [3.05, 3.63) is 59.0 Å². The number of amides is 1.